The summed E-state index contributed by atoms with van der Waals surface area (Å²) in [6, 6.07) is 8.84. The number of rotatable bonds is 6. The van der Waals surface area contributed by atoms with Crippen molar-refractivity contribution in [2.24, 2.45) is 0 Å². The lowest BCUT2D eigenvalue weighted by Gasteiger charge is -2.28. The highest BCUT2D eigenvalue weighted by Gasteiger charge is 2.44. The Balaban J connectivity index is 2.24. The van der Waals surface area contributed by atoms with E-state index in [-0.39, 0.29) is 29.3 Å². The number of carbonyl (C=O) groups is 2. The van der Waals surface area contributed by atoms with Gasteiger partial charge in [-0.1, -0.05) is 30.7 Å². The van der Waals surface area contributed by atoms with Crippen molar-refractivity contribution in [2.75, 3.05) is 11.5 Å². The number of hydrogen-bond donors (Lipinski definition) is 2. The highest BCUT2D eigenvalue weighted by atomic mass is 35.5. The van der Waals surface area contributed by atoms with E-state index in [1.54, 1.807) is 44.2 Å². The molecule has 0 aromatic heterocycles. The molecular weight excluding hydrogens is 394 g/mol. The van der Waals surface area contributed by atoms with Crippen LogP contribution in [0, 0.1) is 6.92 Å². The summed E-state index contributed by atoms with van der Waals surface area (Å²) in [7, 11) is 0. The van der Waals surface area contributed by atoms with Crippen LogP contribution < -0.4 is 9.64 Å². The Morgan fingerprint density at radius 2 is 1.90 bits per heavy atom. The third kappa shape index (κ3) is 3.68. The molecule has 0 fully saturated rings. The first kappa shape index (κ1) is 20.7. The Labute approximate surface area is 174 Å². The molecule has 1 atom stereocenters. The average molecular weight is 416 g/mol. The molecule has 1 heterocycles. The van der Waals surface area contributed by atoms with Crippen LogP contribution in [0.5, 0.6) is 11.5 Å². The summed E-state index contributed by atoms with van der Waals surface area (Å²) >= 11 is 6.15. The number of carbonyl (C=O) groups excluding carboxylic acids is 2. The summed E-state index contributed by atoms with van der Waals surface area (Å²) in [5.74, 6) is -1.42. The molecule has 2 aromatic rings. The molecule has 0 bridgehead atoms. The Kier molecular flexibility index (Phi) is 5.84. The molecule has 1 unspecified atom stereocenters. The average Bonchev–Trinajstić information content (AvgIpc) is 2.96. The second kappa shape index (κ2) is 8.17. The summed E-state index contributed by atoms with van der Waals surface area (Å²) in [5.41, 5.74) is 1.79. The van der Waals surface area contributed by atoms with Crippen molar-refractivity contribution in [3.63, 3.8) is 0 Å². The fourth-order valence-corrected chi connectivity index (χ4v) is 3.62. The molecule has 152 valence electrons. The minimum Gasteiger partial charge on any atom is -0.504 e. The summed E-state index contributed by atoms with van der Waals surface area (Å²) < 4.78 is 5.46. The van der Waals surface area contributed by atoms with Crippen molar-refractivity contribution in [1.29, 1.82) is 0 Å². The highest BCUT2D eigenvalue weighted by Crippen LogP contribution is 2.44. The van der Waals surface area contributed by atoms with E-state index in [1.807, 2.05) is 6.92 Å². The minimum atomic E-state index is -0.869. The lowest BCUT2D eigenvalue weighted by Crippen LogP contribution is -2.31. The van der Waals surface area contributed by atoms with E-state index in [9.17, 15) is 19.8 Å². The van der Waals surface area contributed by atoms with Crippen molar-refractivity contribution >= 4 is 29.0 Å². The lowest BCUT2D eigenvalue weighted by atomic mass is 9.94. The number of hydrogen-bond acceptors (Lipinski definition) is 5. The third-order valence-corrected chi connectivity index (χ3v) is 5.09. The van der Waals surface area contributed by atoms with E-state index in [4.69, 9.17) is 16.3 Å². The van der Waals surface area contributed by atoms with Gasteiger partial charge in [0.1, 0.15) is 0 Å². The number of aryl methyl sites for hydroxylation is 1. The molecule has 29 heavy (non-hydrogen) atoms. The number of phenols is 1. The Hall–Kier alpha value is -2.99. The number of halogens is 1. The molecule has 2 N–H and O–H groups in total. The van der Waals surface area contributed by atoms with Gasteiger partial charge in [0.25, 0.3) is 5.91 Å². The summed E-state index contributed by atoms with van der Waals surface area (Å²) in [5, 5.41) is 21.0. The van der Waals surface area contributed by atoms with E-state index < -0.39 is 17.7 Å². The van der Waals surface area contributed by atoms with Crippen LogP contribution in [-0.4, -0.2) is 28.5 Å². The van der Waals surface area contributed by atoms with E-state index in [0.29, 0.717) is 22.9 Å². The van der Waals surface area contributed by atoms with Gasteiger partial charge in [-0.05, 0) is 49.2 Å². The quantitative estimate of drug-likeness (QED) is 0.718. The number of benzene rings is 2. The SMILES string of the molecule is CCOc1cc(C2C(C(=O)CC)=C(O)C(=O)N2c2cc(Cl)ccc2C)ccc1O. The van der Waals surface area contributed by atoms with Crippen LogP contribution in [0.2, 0.25) is 5.02 Å². The number of Topliss-reactive ketones (excluding diaryl/α,β-unsaturated/α-hetero) is 1. The molecule has 2 aromatic carbocycles. The molecule has 0 aliphatic carbocycles. The van der Waals surface area contributed by atoms with Gasteiger partial charge in [-0.15, -0.1) is 0 Å². The molecule has 1 aliphatic heterocycles. The van der Waals surface area contributed by atoms with Crippen LogP contribution in [0.4, 0.5) is 5.69 Å². The standard InChI is InChI=1S/C22H22ClNO5/c1-4-16(25)19-20(13-7-9-17(26)18(10-13)29-5-2)24(22(28)21(19)27)15-11-14(23)8-6-12(15)3/h6-11,20,26-27H,4-5H2,1-3H3. The zero-order valence-electron chi connectivity index (χ0n) is 16.4. The number of nitrogens with zero attached hydrogens (tertiary/aromatic N) is 1. The molecule has 3 rings (SSSR count). The lowest BCUT2D eigenvalue weighted by molar-refractivity contribution is -0.118. The molecule has 1 aliphatic rings. The predicted molar refractivity (Wildman–Crippen MR) is 111 cm³/mol. The first-order valence-corrected chi connectivity index (χ1v) is 9.69. The highest BCUT2D eigenvalue weighted by molar-refractivity contribution is 6.31. The van der Waals surface area contributed by atoms with Crippen LogP contribution >= 0.6 is 11.6 Å². The number of ether oxygens (including phenoxy) is 1. The maximum absolute atomic E-state index is 13.0. The van der Waals surface area contributed by atoms with Crippen LogP contribution in [-0.2, 0) is 9.59 Å². The number of aliphatic hydroxyl groups is 1. The van der Waals surface area contributed by atoms with Crippen LogP contribution in [0.15, 0.2) is 47.7 Å². The van der Waals surface area contributed by atoms with E-state index >= 15 is 0 Å². The van der Waals surface area contributed by atoms with Crippen molar-refractivity contribution in [3.05, 3.63) is 63.9 Å². The second-order valence-corrected chi connectivity index (χ2v) is 7.14. The second-order valence-electron chi connectivity index (χ2n) is 6.71. The molecule has 7 heteroatoms. The van der Waals surface area contributed by atoms with Crippen LogP contribution in [0.3, 0.4) is 0 Å². The number of phenolic OH excluding ortho intramolecular Hbond substituents is 1. The van der Waals surface area contributed by atoms with E-state index in [0.717, 1.165) is 5.56 Å². The van der Waals surface area contributed by atoms with Crippen LogP contribution in [0.1, 0.15) is 37.4 Å². The van der Waals surface area contributed by atoms with Crippen molar-refractivity contribution in [1.82, 2.24) is 0 Å². The molecule has 0 saturated carbocycles. The van der Waals surface area contributed by atoms with Crippen molar-refractivity contribution in [3.8, 4) is 11.5 Å². The Bertz CT molecular complexity index is 1010. The number of aliphatic hydroxyl groups excluding tert-OH is 1. The topological polar surface area (TPSA) is 87.1 Å². The number of amides is 1. The van der Waals surface area contributed by atoms with Gasteiger partial charge in [-0.3, -0.25) is 14.5 Å². The van der Waals surface area contributed by atoms with Gasteiger partial charge >= 0.3 is 0 Å². The fraction of sp³-hybridized carbons (Fsp3) is 0.273. The normalized spacial score (nSPS) is 16.5. The summed E-state index contributed by atoms with van der Waals surface area (Å²) in [6.45, 7) is 5.60. The third-order valence-electron chi connectivity index (χ3n) is 4.86. The van der Waals surface area contributed by atoms with Gasteiger partial charge in [0.15, 0.2) is 23.0 Å². The van der Waals surface area contributed by atoms with Gasteiger partial charge in [0, 0.05) is 17.1 Å². The largest absolute Gasteiger partial charge is 0.504 e. The van der Waals surface area contributed by atoms with Crippen LogP contribution in [0.25, 0.3) is 0 Å². The van der Waals surface area contributed by atoms with Gasteiger partial charge in [-0.25, -0.2) is 0 Å². The van der Waals surface area contributed by atoms with E-state index in [1.165, 1.54) is 11.0 Å². The van der Waals surface area contributed by atoms with Crippen molar-refractivity contribution in [2.45, 2.75) is 33.2 Å². The van der Waals surface area contributed by atoms with Gasteiger partial charge < -0.3 is 14.9 Å². The molecule has 0 saturated heterocycles. The summed E-state index contributed by atoms with van der Waals surface area (Å²) in [6.07, 6.45) is 0.127. The Morgan fingerprint density at radius 3 is 2.55 bits per heavy atom. The smallest absolute Gasteiger partial charge is 0.294 e. The van der Waals surface area contributed by atoms with E-state index in [2.05, 4.69) is 0 Å². The molecule has 0 spiro atoms. The number of aromatic hydroxyl groups is 1. The fourth-order valence-electron chi connectivity index (χ4n) is 3.46. The molecule has 0 radical (unpaired) electrons. The van der Waals surface area contributed by atoms with Gasteiger partial charge in [-0.2, -0.15) is 0 Å². The molecule has 6 nitrogen and oxygen atoms in total. The number of anilines is 1. The first-order chi connectivity index (χ1) is 13.8. The minimum absolute atomic E-state index is 0.0185. The van der Waals surface area contributed by atoms with Crippen molar-refractivity contribution < 1.29 is 24.5 Å². The molecular formula is C22H22ClNO5. The maximum Gasteiger partial charge on any atom is 0.294 e. The number of ketones is 1. The summed E-state index contributed by atoms with van der Waals surface area (Å²) in [4.78, 5) is 27.0. The zero-order chi connectivity index (χ0) is 21.3. The molecule has 1 amide bonds. The van der Waals surface area contributed by atoms with Gasteiger partial charge in [0.2, 0.25) is 0 Å². The monoisotopic (exact) mass is 415 g/mol. The maximum atomic E-state index is 13.0. The Morgan fingerprint density at radius 1 is 1.17 bits per heavy atom. The zero-order valence-corrected chi connectivity index (χ0v) is 17.2. The van der Waals surface area contributed by atoms with Gasteiger partial charge in [0.05, 0.1) is 18.2 Å². The predicted octanol–water partition coefficient (Wildman–Crippen LogP) is 4.63. The first-order valence-electron chi connectivity index (χ1n) is 9.31.